The summed E-state index contributed by atoms with van der Waals surface area (Å²) in [5, 5.41) is 0. The molecule has 0 rings (SSSR count). The smallest absolute Gasteiger partial charge is 0.195 e. The molecule has 0 atom stereocenters. The maximum absolute atomic E-state index is 11.1. The molecule has 0 aliphatic rings. The molecule has 0 aliphatic heterocycles. The number of nitrogens with one attached hydrogen (secondary N) is 1. The molecule has 0 aromatic carbocycles. The van der Waals surface area contributed by atoms with E-state index < -0.39 is 5.60 Å². The second-order valence-corrected chi connectivity index (χ2v) is 6.67. The largest absolute Gasteiger partial charge is 0.380 e. The minimum atomic E-state index is -0.444. The van der Waals surface area contributed by atoms with Crippen molar-refractivity contribution in [3.63, 3.8) is 0 Å². The zero-order chi connectivity index (χ0) is 14.2. The highest BCUT2D eigenvalue weighted by Gasteiger charge is 2.30. The summed E-state index contributed by atoms with van der Waals surface area (Å²) in [6.45, 7) is 9.73. The van der Waals surface area contributed by atoms with Crippen LogP contribution >= 0.6 is 22.6 Å². The normalized spacial score (nSPS) is 12.8. The lowest BCUT2D eigenvalue weighted by atomic mass is 10.0. The van der Waals surface area contributed by atoms with Crippen LogP contribution in [0.3, 0.4) is 0 Å². The Morgan fingerprint density at radius 1 is 1.22 bits per heavy atom. The molecule has 6 heteroatoms. The van der Waals surface area contributed by atoms with Crippen LogP contribution in [0.5, 0.6) is 0 Å². The van der Waals surface area contributed by atoms with Gasteiger partial charge in [-0.05, 0) is 56.7 Å². The van der Waals surface area contributed by atoms with E-state index in [0.29, 0.717) is 26.2 Å². The molecule has 0 unspecified atom stereocenters. The predicted octanol–water partition coefficient (Wildman–Crippen LogP) is 1.78. The van der Waals surface area contributed by atoms with Crippen molar-refractivity contribution >= 4 is 26.4 Å². The molecule has 18 heavy (non-hydrogen) atoms. The lowest BCUT2D eigenvalue weighted by molar-refractivity contribution is -0.142. The van der Waals surface area contributed by atoms with Gasteiger partial charge in [0.2, 0.25) is 0 Å². The third kappa shape index (κ3) is 10.2. The Labute approximate surface area is 123 Å². The Morgan fingerprint density at radius 2 is 1.83 bits per heavy atom. The van der Waals surface area contributed by atoms with Crippen LogP contribution in [0.2, 0.25) is 0 Å². The minimum absolute atomic E-state index is 0.110. The molecular weight excluding hydrogens is 347 g/mol. The fraction of sp³-hybridized carbons (Fsp3) is 0.917. The molecule has 0 aromatic heterocycles. The summed E-state index contributed by atoms with van der Waals surface area (Å²) >= 11 is 1.80. The fourth-order valence-electron chi connectivity index (χ4n) is 1.72. The second-order valence-electron chi connectivity index (χ2n) is 5.47. The van der Waals surface area contributed by atoms with Crippen molar-refractivity contribution in [3.05, 3.63) is 0 Å². The van der Waals surface area contributed by atoms with Crippen LogP contribution in [0, 0.1) is 0 Å². The van der Waals surface area contributed by atoms with Crippen LogP contribution in [0.15, 0.2) is 0 Å². The van der Waals surface area contributed by atoms with E-state index in [4.69, 9.17) is 15.3 Å². The molecule has 0 aromatic rings. The average molecular weight is 372 g/mol. The number of rotatable bonds is 10. The maximum Gasteiger partial charge on any atom is 0.195 e. The van der Waals surface area contributed by atoms with Gasteiger partial charge in [-0.1, -0.05) is 0 Å². The minimum Gasteiger partial charge on any atom is -0.380 e. The van der Waals surface area contributed by atoms with Gasteiger partial charge in [0.1, 0.15) is 0 Å². The molecule has 5 nitrogen and oxygen atoms in total. The van der Waals surface area contributed by atoms with Crippen LogP contribution in [-0.4, -0.2) is 34.8 Å². The lowest BCUT2D eigenvalue weighted by Crippen LogP contribution is -2.39. The first-order valence-electron chi connectivity index (χ1n) is 6.08. The first-order chi connectivity index (χ1) is 8.18. The number of halogens is 1. The van der Waals surface area contributed by atoms with E-state index in [0.717, 1.165) is 6.42 Å². The Kier molecular flexibility index (Phi) is 8.53. The monoisotopic (exact) mass is 372 g/mol. The quantitative estimate of drug-likeness (QED) is 0.201. The van der Waals surface area contributed by atoms with Crippen molar-refractivity contribution in [2.24, 2.45) is 5.84 Å². The van der Waals surface area contributed by atoms with Crippen molar-refractivity contribution in [2.45, 2.75) is 51.7 Å². The molecule has 108 valence electrons. The van der Waals surface area contributed by atoms with Crippen molar-refractivity contribution in [1.82, 2.24) is 5.43 Å². The summed E-state index contributed by atoms with van der Waals surface area (Å²) in [6, 6.07) is 0. The Morgan fingerprint density at radius 3 is 2.33 bits per heavy atom. The van der Waals surface area contributed by atoms with Crippen LogP contribution < -0.4 is 11.3 Å². The van der Waals surface area contributed by atoms with Gasteiger partial charge in [0.15, 0.2) is 3.79 Å². The topological polar surface area (TPSA) is 73.6 Å². The van der Waals surface area contributed by atoms with Gasteiger partial charge in [-0.2, -0.15) is 0 Å². The average Bonchev–Trinajstić information content (AvgIpc) is 2.12. The zero-order valence-electron chi connectivity index (χ0n) is 11.7. The number of ether oxygens (including phenoxy) is 2. The summed E-state index contributed by atoms with van der Waals surface area (Å²) in [5.41, 5.74) is 1.77. The molecule has 0 aliphatic carbocycles. The van der Waals surface area contributed by atoms with E-state index in [1.54, 1.807) is 22.6 Å². The molecule has 3 N–H and O–H groups in total. The molecule has 0 fully saturated rings. The first kappa shape index (κ1) is 18.2. The van der Waals surface area contributed by atoms with Gasteiger partial charge in [0.05, 0.1) is 17.8 Å². The van der Waals surface area contributed by atoms with Gasteiger partial charge in [-0.25, -0.2) is 0 Å². The summed E-state index contributed by atoms with van der Waals surface area (Å²) < 4.78 is 11.5. The zero-order valence-corrected chi connectivity index (χ0v) is 13.9. The molecule has 0 spiro atoms. The summed E-state index contributed by atoms with van der Waals surface area (Å²) in [7, 11) is 0. The summed E-state index contributed by atoms with van der Waals surface area (Å²) in [5.74, 6) is 5.14. The SMILES string of the molecule is CC(C)(CCOCCNN)OC(C)(C)CC(=O)I. The van der Waals surface area contributed by atoms with Gasteiger partial charge in [-0.3, -0.25) is 16.1 Å². The van der Waals surface area contributed by atoms with Crippen LogP contribution in [-0.2, 0) is 14.3 Å². The molecule has 0 amide bonds. The number of hydrazine groups is 1. The van der Waals surface area contributed by atoms with Gasteiger partial charge in [0, 0.05) is 19.6 Å². The van der Waals surface area contributed by atoms with E-state index in [1.807, 2.05) is 27.7 Å². The predicted molar refractivity (Wildman–Crippen MR) is 80.5 cm³/mol. The molecule has 0 bridgehead atoms. The third-order valence-corrected chi connectivity index (χ3v) is 2.74. The van der Waals surface area contributed by atoms with E-state index >= 15 is 0 Å². The molecule has 0 saturated carbocycles. The maximum atomic E-state index is 11.1. The van der Waals surface area contributed by atoms with Crippen LogP contribution in [0.25, 0.3) is 0 Å². The number of carbonyl (C=O) groups is 1. The van der Waals surface area contributed by atoms with Gasteiger partial charge in [-0.15, -0.1) is 0 Å². The van der Waals surface area contributed by atoms with Gasteiger partial charge >= 0.3 is 0 Å². The highest BCUT2D eigenvalue weighted by Crippen LogP contribution is 2.26. The van der Waals surface area contributed by atoms with Crippen molar-refractivity contribution in [3.8, 4) is 0 Å². The Hall–Kier alpha value is 0.240. The fourth-order valence-corrected chi connectivity index (χ4v) is 2.64. The molecular formula is C12H25IN2O3. The highest BCUT2D eigenvalue weighted by molar-refractivity contribution is 14.1. The van der Waals surface area contributed by atoms with Crippen molar-refractivity contribution in [1.29, 1.82) is 0 Å². The van der Waals surface area contributed by atoms with Crippen molar-refractivity contribution in [2.75, 3.05) is 19.8 Å². The van der Waals surface area contributed by atoms with E-state index in [1.165, 1.54) is 0 Å². The summed E-state index contributed by atoms with van der Waals surface area (Å²) in [6.07, 6.45) is 1.19. The molecule has 0 radical (unpaired) electrons. The number of carbonyl (C=O) groups excluding carboxylic acids is 1. The summed E-state index contributed by atoms with van der Waals surface area (Å²) in [4.78, 5) is 11.1. The standard InChI is InChI=1S/C12H25IN2O3/c1-11(2,5-7-17-8-6-15-14)18-12(3,4)9-10(13)16/h15H,5-9,14H2,1-4H3. The van der Waals surface area contributed by atoms with E-state index in [-0.39, 0.29) is 9.39 Å². The van der Waals surface area contributed by atoms with Crippen molar-refractivity contribution < 1.29 is 14.3 Å². The third-order valence-electron chi connectivity index (χ3n) is 2.36. The number of hydrogen-bond donors (Lipinski definition) is 2. The number of hydrogen-bond acceptors (Lipinski definition) is 5. The van der Waals surface area contributed by atoms with Crippen LogP contribution in [0.1, 0.15) is 40.5 Å². The lowest BCUT2D eigenvalue weighted by Gasteiger charge is -2.35. The Bertz CT molecular complexity index is 258. The van der Waals surface area contributed by atoms with Crippen LogP contribution in [0.4, 0.5) is 0 Å². The second kappa shape index (κ2) is 8.42. The Balaban J connectivity index is 4.01. The van der Waals surface area contributed by atoms with Gasteiger partial charge in [0.25, 0.3) is 0 Å². The molecule has 0 saturated heterocycles. The molecule has 0 heterocycles. The number of nitrogens with two attached hydrogens (primary N) is 1. The highest BCUT2D eigenvalue weighted by atomic mass is 127. The van der Waals surface area contributed by atoms with E-state index in [9.17, 15) is 4.79 Å². The first-order valence-corrected chi connectivity index (χ1v) is 7.16. The van der Waals surface area contributed by atoms with E-state index in [2.05, 4.69) is 5.43 Å². The van der Waals surface area contributed by atoms with Gasteiger partial charge < -0.3 is 9.47 Å².